The highest BCUT2D eigenvalue weighted by atomic mass is 16.5. The Morgan fingerprint density at radius 3 is 1.37 bits per heavy atom. The summed E-state index contributed by atoms with van der Waals surface area (Å²) in [4.78, 5) is 69.9. The van der Waals surface area contributed by atoms with Crippen LogP contribution < -0.4 is 26.6 Å². The third-order valence-corrected chi connectivity index (χ3v) is 3.46. The molecule has 14 nitrogen and oxygen atoms in total. The molecule has 0 saturated carbocycles. The Bertz CT molecular complexity index is 639. The van der Waals surface area contributed by atoms with Gasteiger partial charge in [-0.15, -0.1) is 0 Å². The molecule has 0 aliphatic rings. The van der Waals surface area contributed by atoms with Crippen molar-refractivity contribution < 1.29 is 34.0 Å². The number of carbonyl (C=O) groups excluding carboxylic acids is 6. The molecule has 0 atom stereocenters. The highest BCUT2D eigenvalue weighted by Crippen LogP contribution is 1.85. The first-order chi connectivity index (χ1) is 14.0. The van der Waals surface area contributed by atoms with Crippen molar-refractivity contribution in [1.29, 1.82) is 0 Å². The van der Waals surface area contributed by atoms with Crippen LogP contribution in [0.5, 0.6) is 0 Å². The third-order valence-electron chi connectivity index (χ3n) is 3.46. The number of likely N-dealkylation sites (N-methyl/N-ethyl adjacent to an activating group) is 2. The van der Waals surface area contributed by atoms with E-state index in [-0.39, 0.29) is 44.5 Å². The van der Waals surface area contributed by atoms with Gasteiger partial charge < -0.3 is 36.7 Å². The summed E-state index contributed by atoms with van der Waals surface area (Å²) in [5.41, 5.74) is 0. The van der Waals surface area contributed by atoms with Crippen LogP contribution in [0.4, 0.5) is 0 Å². The summed E-state index contributed by atoms with van der Waals surface area (Å²) in [6.45, 7) is 0.0385. The van der Waals surface area contributed by atoms with Crippen molar-refractivity contribution in [3.63, 3.8) is 0 Å². The number of amides is 6. The number of hydrogen-bond acceptors (Lipinski definition) is 8. The Balaban J connectivity index is 3.93. The van der Waals surface area contributed by atoms with Crippen LogP contribution in [0, 0.1) is 0 Å². The summed E-state index contributed by atoms with van der Waals surface area (Å²) >= 11 is 0. The van der Waals surface area contributed by atoms with E-state index >= 15 is 0 Å². The van der Waals surface area contributed by atoms with E-state index in [1.54, 1.807) is 0 Å². The van der Waals surface area contributed by atoms with E-state index in [2.05, 4.69) is 26.6 Å². The van der Waals surface area contributed by atoms with Crippen LogP contribution in [0.1, 0.15) is 6.92 Å². The number of rotatable bonds is 13. The number of hydroxylamine groups is 2. The fraction of sp³-hybridized carbons (Fsp3) is 0.625. The van der Waals surface area contributed by atoms with Crippen LogP contribution in [0.2, 0.25) is 0 Å². The molecule has 0 spiro atoms. The van der Waals surface area contributed by atoms with E-state index in [1.807, 2.05) is 0 Å². The molecule has 0 aromatic carbocycles. The van der Waals surface area contributed by atoms with Crippen molar-refractivity contribution in [2.45, 2.75) is 6.92 Å². The monoisotopic (exact) mass is 431 g/mol. The maximum atomic E-state index is 11.8. The molecule has 0 saturated heterocycles. The maximum Gasteiger partial charge on any atom is 0.241 e. The summed E-state index contributed by atoms with van der Waals surface area (Å²) < 4.78 is 0. The molecule has 0 unspecified atom stereocenters. The quantitative estimate of drug-likeness (QED) is 0.157. The highest BCUT2D eigenvalue weighted by Gasteiger charge is 2.12. The van der Waals surface area contributed by atoms with Crippen molar-refractivity contribution >= 4 is 35.4 Å². The fourth-order valence-electron chi connectivity index (χ4n) is 1.72. The average Bonchev–Trinajstić information content (AvgIpc) is 2.69. The van der Waals surface area contributed by atoms with Crippen molar-refractivity contribution in [2.75, 3.05) is 59.9 Å². The predicted molar refractivity (Wildman–Crippen MR) is 103 cm³/mol. The zero-order valence-corrected chi connectivity index (χ0v) is 17.2. The van der Waals surface area contributed by atoms with Crippen molar-refractivity contribution in [3.05, 3.63) is 0 Å². The molecule has 0 aliphatic heterocycles. The normalized spacial score (nSPS) is 10.0. The lowest BCUT2D eigenvalue weighted by molar-refractivity contribution is -0.133. The summed E-state index contributed by atoms with van der Waals surface area (Å²) in [5.74, 6) is -3.19. The molecule has 0 heterocycles. The molecule has 6 N–H and O–H groups in total. The Morgan fingerprint density at radius 1 is 0.633 bits per heavy atom. The number of nitrogens with one attached hydrogen (secondary N) is 5. The first kappa shape index (κ1) is 26.7. The molecular weight excluding hydrogens is 402 g/mol. The largest absolute Gasteiger partial charge is 0.347 e. The van der Waals surface area contributed by atoms with Gasteiger partial charge in [-0.05, 0) is 0 Å². The van der Waals surface area contributed by atoms with Gasteiger partial charge in [-0.1, -0.05) is 0 Å². The second-order valence-corrected chi connectivity index (χ2v) is 6.21. The van der Waals surface area contributed by atoms with Crippen LogP contribution in [-0.2, 0) is 28.8 Å². The zero-order valence-electron chi connectivity index (χ0n) is 17.2. The van der Waals surface area contributed by atoms with Crippen LogP contribution in [-0.4, -0.2) is 111 Å². The molecule has 0 fully saturated rings. The third kappa shape index (κ3) is 14.8. The van der Waals surface area contributed by atoms with E-state index in [4.69, 9.17) is 5.21 Å². The molecule has 30 heavy (non-hydrogen) atoms. The molecule has 14 heteroatoms. The SMILES string of the molecule is CC(=O)NCC(=O)NCC(=O)NCC(=O)NCC(=O)NCC(=O)N(C)CCN(C)O. The molecule has 6 amide bonds. The topological polar surface area (TPSA) is 189 Å². The molecular formula is C16H29N7O7. The predicted octanol–water partition coefficient (Wildman–Crippen LogP) is -4.63. The van der Waals surface area contributed by atoms with Crippen molar-refractivity contribution in [3.8, 4) is 0 Å². The smallest absolute Gasteiger partial charge is 0.241 e. The zero-order chi connectivity index (χ0) is 23.1. The summed E-state index contributed by atoms with van der Waals surface area (Å²) in [5, 5.41) is 21.3. The minimum Gasteiger partial charge on any atom is -0.347 e. The molecule has 0 aromatic heterocycles. The van der Waals surface area contributed by atoms with E-state index in [0.717, 1.165) is 5.06 Å². The van der Waals surface area contributed by atoms with Gasteiger partial charge in [0, 0.05) is 34.1 Å². The van der Waals surface area contributed by atoms with E-state index in [1.165, 1.54) is 25.9 Å². The summed E-state index contributed by atoms with van der Waals surface area (Å²) in [6, 6.07) is 0. The van der Waals surface area contributed by atoms with Gasteiger partial charge in [0.1, 0.15) is 0 Å². The van der Waals surface area contributed by atoms with Gasteiger partial charge in [0.25, 0.3) is 0 Å². The molecule has 0 radical (unpaired) electrons. The molecule has 0 aliphatic carbocycles. The van der Waals surface area contributed by atoms with Crippen LogP contribution in [0.25, 0.3) is 0 Å². The minimum absolute atomic E-state index is 0.247. The first-order valence-electron chi connectivity index (χ1n) is 8.96. The number of nitrogens with zero attached hydrogens (tertiary/aromatic N) is 2. The lowest BCUT2D eigenvalue weighted by atomic mass is 10.4. The van der Waals surface area contributed by atoms with Gasteiger partial charge in [-0.25, -0.2) is 0 Å². The maximum absolute atomic E-state index is 11.8. The van der Waals surface area contributed by atoms with Gasteiger partial charge >= 0.3 is 0 Å². The molecule has 170 valence electrons. The fourth-order valence-corrected chi connectivity index (χ4v) is 1.72. The second kappa shape index (κ2) is 14.7. The van der Waals surface area contributed by atoms with Gasteiger partial charge in [-0.3, -0.25) is 28.8 Å². The Labute approximate surface area is 173 Å². The van der Waals surface area contributed by atoms with Crippen LogP contribution >= 0.6 is 0 Å². The average molecular weight is 431 g/mol. The lowest BCUT2D eigenvalue weighted by Crippen LogP contribution is -2.46. The van der Waals surface area contributed by atoms with Crippen LogP contribution in [0.15, 0.2) is 0 Å². The second-order valence-electron chi connectivity index (χ2n) is 6.21. The van der Waals surface area contributed by atoms with Gasteiger partial charge in [-0.2, -0.15) is 5.06 Å². The Hall–Kier alpha value is -3.26. The van der Waals surface area contributed by atoms with Crippen molar-refractivity contribution in [1.82, 2.24) is 36.5 Å². The van der Waals surface area contributed by atoms with E-state index < -0.39 is 36.7 Å². The molecule has 0 bridgehead atoms. The van der Waals surface area contributed by atoms with Gasteiger partial charge in [0.05, 0.1) is 32.7 Å². The minimum atomic E-state index is -0.641. The van der Waals surface area contributed by atoms with Gasteiger partial charge in [0.15, 0.2) is 0 Å². The lowest BCUT2D eigenvalue weighted by Gasteiger charge is -2.19. The van der Waals surface area contributed by atoms with E-state index in [9.17, 15) is 28.8 Å². The number of carbonyl (C=O) groups is 6. The Kier molecular flexibility index (Phi) is 13.1. The standard InChI is InChI=1S/C16H29N7O7/c1-11(24)17-6-12(25)18-7-13(26)19-8-14(27)20-9-15(28)21-10-16(29)22(2)4-5-23(3)30/h30H,4-10H2,1-3H3,(H,17,24)(H,18,25)(H,19,26)(H,20,27)(H,21,28). The molecule has 0 rings (SSSR count). The highest BCUT2D eigenvalue weighted by molar-refractivity contribution is 5.91. The number of hydrogen-bond donors (Lipinski definition) is 6. The van der Waals surface area contributed by atoms with Gasteiger partial charge in [0.2, 0.25) is 35.4 Å². The first-order valence-corrected chi connectivity index (χ1v) is 8.96. The summed E-state index contributed by atoms with van der Waals surface area (Å²) in [7, 11) is 2.96. The summed E-state index contributed by atoms with van der Waals surface area (Å²) in [6.07, 6.45) is 0. The van der Waals surface area contributed by atoms with Crippen LogP contribution in [0.3, 0.4) is 0 Å². The van der Waals surface area contributed by atoms with E-state index in [0.29, 0.717) is 0 Å². The van der Waals surface area contributed by atoms with Crippen molar-refractivity contribution in [2.24, 2.45) is 0 Å². The Morgan fingerprint density at radius 2 is 1.00 bits per heavy atom. The molecule has 0 aromatic rings.